The molecule has 1 aromatic heterocycles. The van der Waals surface area contributed by atoms with E-state index in [0.717, 1.165) is 16.0 Å². The molecule has 6 nitrogen and oxygen atoms in total. The molecule has 2 aromatic carbocycles. The van der Waals surface area contributed by atoms with Crippen molar-refractivity contribution in [3.05, 3.63) is 80.8 Å². The number of ketones is 1. The Bertz CT molecular complexity index is 1110. The number of carboxylic acids is 1. The van der Waals surface area contributed by atoms with Gasteiger partial charge in [-0.2, -0.15) is 0 Å². The first-order valence-electron chi connectivity index (χ1n) is 10.6. The van der Waals surface area contributed by atoms with Crippen LogP contribution in [-0.2, 0) is 29.0 Å². The highest BCUT2D eigenvalue weighted by Crippen LogP contribution is 2.27. The Kier molecular flexibility index (Phi) is 8.74. The lowest BCUT2D eigenvalue weighted by Gasteiger charge is -2.13. The molecule has 8 heteroatoms. The van der Waals surface area contributed by atoms with Crippen molar-refractivity contribution < 1.29 is 19.4 Å². The van der Waals surface area contributed by atoms with Crippen LogP contribution in [0.15, 0.2) is 54.7 Å². The minimum absolute atomic E-state index is 0.0275. The summed E-state index contributed by atoms with van der Waals surface area (Å²) in [4.78, 5) is 28.7. The van der Waals surface area contributed by atoms with Gasteiger partial charge >= 0.3 is 5.97 Å². The molecule has 1 heterocycles. The molecular weight excluding hydrogens is 460 g/mol. The number of aliphatic carboxylic acids is 1. The van der Waals surface area contributed by atoms with Gasteiger partial charge in [-0.15, -0.1) is 11.3 Å². The number of carbonyl (C=O) groups is 2. The lowest BCUT2D eigenvalue weighted by molar-refractivity contribution is -0.136. The quantitative estimate of drug-likeness (QED) is 0.320. The number of nitrogens with zero attached hydrogens (tertiary/aromatic N) is 1. The fraction of sp³-hybridized carbons (Fsp3) is 0.280. The van der Waals surface area contributed by atoms with E-state index in [1.54, 1.807) is 6.20 Å². The monoisotopic (exact) mass is 484 g/mol. The summed E-state index contributed by atoms with van der Waals surface area (Å²) in [7, 11) is 0. The van der Waals surface area contributed by atoms with Gasteiger partial charge in [-0.25, -0.2) is 4.98 Å². The lowest BCUT2D eigenvalue weighted by atomic mass is 9.94. The molecule has 0 spiro atoms. The average Bonchev–Trinajstić information content (AvgIpc) is 3.27. The Morgan fingerprint density at radius 3 is 2.42 bits per heavy atom. The van der Waals surface area contributed by atoms with E-state index in [1.165, 1.54) is 11.3 Å². The maximum atomic E-state index is 12.8. The minimum atomic E-state index is -0.860. The molecular formula is C25H25ClN2O4S. The summed E-state index contributed by atoms with van der Waals surface area (Å²) in [6, 6.07) is 14.7. The highest BCUT2D eigenvalue weighted by molar-refractivity contribution is 7.11. The SMILES string of the molecule is CCC(C(=N)C(=O)Cc1ccc(OCc2ccc(Cl)cc2)cc1)c1ncc(CCC(=O)O)s1. The zero-order chi connectivity index (χ0) is 23.8. The Morgan fingerprint density at radius 1 is 1.12 bits per heavy atom. The van der Waals surface area contributed by atoms with Crippen molar-refractivity contribution in [1.82, 2.24) is 4.98 Å². The van der Waals surface area contributed by atoms with E-state index in [9.17, 15) is 9.59 Å². The first-order valence-corrected chi connectivity index (χ1v) is 11.8. The summed E-state index contributed by atoms with van der Waals surface area (Å²) in [5.74, 6) is -0.803. The number of aryl methyl sites for hydroxylation is 1. The Balaban J connectivity index is 1.56. The summed E-state index contributed by atoms with van der Waals surface area (Å²) in [6.07, 6.45) is 2.79. The number of benzene rings is 2. The molecule has 0 fully saturated rings. The third-order valence-electron chi connectivity index (χ3n) is 5.12. The lowest BCUT2D eigenvalue weighted by Crippen LogP contribution is -2.22. The minimum Gasteiger partial charge on any atom is -0.489 e. The van der Waals surface area contributed by atoms with Crippen molar-refractivity contribution in [2.75, 3.05) is 0 Å². The number of hydrogen-bond donors (Lipinski definition) is 2. The Labute approximate surface area is 201 Å². The summed E-state index contributed by atoms with van der Waals surface area (Å²) < 4.78 is 5.78. The van der Waals surface area contributed by atoms with Crippen LogP contribution in [0.1, 0.15) is 46.7 Å². The van der Waals surface area contributed by atoms with E-state index < -0.39 is 5.97 Å². The zero-order valence-electron chi connectivity index (χ0n) is 18.2. The highest BCUT2D eigenvalue weighted by Gasteiger charge is 2.24. The molecule has 0 saturated heterocycles. The predicted octanol–water partition coefficient (Wildman–Crippen LogP) is 5.72. The first-order chi connectivity index (χ1) is 15.9. The molecule has 33 heavy (non-hydrogen) atoms. The molecule has 0 aliphatic rings. The van der Waals surface area contributed by atoms with Crippen LogP contribution in [0.4, 0.5) is 0 Å². The number of nitrogens with one attached hydrogen (secondary N) is 1. The summed E-state index contributed by atoms with van der Waals surface area (Å²) >= 11 is 7.27. The smallest absolute Gasteiger partial charge is 0.303 e. The van der Waals surface area contributed by atoms with Gasteiger partial charge < -0.3 is 15.3 Å². The van der Waals surface area contributed by atoms with E-state index in [2.05, 4.69) is 4.98 Å². The molecule has 0 aliphatic heterocycles. The van der Waals surface area contributed by atoms with Crippen LogP contribution in [0.5, 0.6) is 5.75 Å². The molecule has 0 radical (unpaired) electrons. The van der Waals surface area contributed by atoms with Gasteiger partial charge in [-0.1, -0.05) is 42.8 Å². The molecule has 3 aromatic rings. The number of thiazole rings is 1. The van der Waals surface area contributed by atoms with E-state index in [1.807, 2.05) is 55.5 Å². The van der Waals surface area contributed by atoms with Crippen LogP contribution in [0.2, 0.25) is 5.02 Å². The number of rotatable bonds is 12. The van der Waals surface area contributed by atoms with Gasteiger partial charge in [0, 0.05) is 22.5 Å². The topological polar surface area (TPSA) is 100 Å². The molecule has 0 aliphatic carbocycles. The van der Waals surface area contributed by atoms with Gasteiger partial charge in [0.2, 0.25) is 0 Å². The largest absolute Gasteiger partial charge is 0.489 e. The van der Waals surface area contributed by atoms with E-state index in [0.29, 0.717) is 35.2 Å². The third kappa shape index (κ3) is 7.23. The first kappa shape index (κ1) is 24.6. The normalized spacial score (nSPS) is 11.7. The molecule has 172 valence electrons. The van der Waals surface area contributed by atoms with Crippen LogP contribution in [0, 0.1) is 5.41 Å². The summed E-state index contributed by atoms with van der Waals surface area (Å²) in [5, 5.41) is 18.6. The second kappa shape index (κ2) is 11.7. The van der Waals surface area contributed by atoms with Crippen molar-refractivity contribution >= 4 is 40.4 Å². The number of aromatic nitrogens is 1. The van der Waals surface area contributed by atoms with Gasteiger partial charge in [0.25, 0.3) is 0 Å². The molecule has 2 N–H and O–H groups in total. The second-order valence-electron chi connectivity index (χ2n) is 7.59. The van der Waals surface area contributed by atoms with Crippen molar-refractivity contribution in [2.45, 2.75) is 45.1 Å². The molecule has 0 amide bonds. The van der Waals surface area contributed by atoms with Crippen molar-refractivity contribution in [2.24, 2.45) is 0 Å². The van der Waals surface area contributed by atoms with Crippen LogP contribution in [0.25, 0.3) is 0 Å². The van der Waals surface area contributed by atoms with Crippen LogP contribution in [-0.4, -0.2) is 27.6 Å². The molecule has 0 saturated carbocycles. The molecule has 0 bridgehead atoms. The standard InChI is InChI=1S/C25H25ClN2O4S/c1-2-21(25-28-14-20(33-25)11-12-23(30)31)24(27)22(29)13-16-5-9-19(10-6-16)32-15-17-3-7-18(26)8-4-17/h3-10,14,21,27H,2,11-13,15H2,1H3,(H,30,31). The maximum absolute atomic E-state index is 12.8. The zero-order valence-corrected chi connectivity index (χ0v) is 19.8. The van der Waals surface area contributed by atoms with E-state index >= 15 is 0 Å². The average molecular weight is 485 g/mol. The molecule has 1 unspecified atom stereocenters. The Hall–Kier alpha value is -3.03. The number of ether oxygens (including phenoxy) is 1. The highest BCUT2D eigenvalue weighted by atomic mass is 35.5. The number of hydrogen-bond acceptors (Lipinski definition) is 6. The molecule has 1 atom stereocenters. The predicted molar refractivity (Wildman–Crippen MR) is 130 cm³/mol. The van der Waals surface area contributed by atoms with Gasteiger partial charge in [-0.3, -0.25) is 9.59 Å². The van der Waals surface area contributed by atoms with Crippen molar-refractivity contribution in [3.8, 4) is 5.75 Å². The van der Waals surface area contributed by atoms with Gasteiger partial charge in [0.05, 0.1) is 18.1 Å². The number of halogens is 1. The van der Waals surface area contributed by atoms with Crippen molar-refractivity contribution in [1.29, 1.82) is 5.41 Å². The van der Waals surface area contributed by atoms with Gasteiger partial charge in [-0.05, 0) is 48.2 Å². The maximum Gasteiger partial charge on any atom is 0.303 e. The van der Waals surface area contributed by atoms with E-state index in [-0.39, 0.29) is 30.3 Å². The van der Waals surface area contributed by atoms with Gasteiger partial charge in [0.15, 0.2) is 5.78 Å². The van der Waals surface area contributed by atoms with E-state index in [4.69, 9.17) is 26.9 Å². The fourth-order valence-corrected chi connectivity index (χ4v) is 4.49. The van der Waals surface area contributed by atoms with Crippen LogP contribution in [0.3, 0.4) is 0 Å². The summed E-state index contributed by atoms with van der Waals surface area (Å²) in [6.45, 7) is 2.33. The third-order valence-corrected chi connectivity index (χ3v) is 6.54. The van der Waals surface area contributed by atoms with Crippen LogP contribution >= 0.6 is 22.9 Å². The molecule has 3 rings (SSSR count). The Morgan fingerprint density at radius 2 is 1.79 bits per heavy atom. The summed E-state index contributed by atoms with van der Waals surface area (Å²) in [5.41, 5.74) is 1.84. The van der Waals surface area contributed by atoms with Gasteiger partial charge in [0.1, 0.15) is 17.4 Å². The number of carbonyl (C=O) groups excluding carboxylic acids is 1. The van der Waals surface area contributed by atoms with Crippen molar-refractivity contribution in [3.63, 3.8) is 0 Å². The second-order valence-corrected chi connectivity index (χ2v) is 9.18. The number of Topliss-reactive ketones (excluding diaryl/α,β-unsaturated/α-hetero) is 1. The van der Waals surface area contributed by atoms with Crippen LogP contribution < -0.4 is 4.74 Å². The number of carboxylic acid groups (broad SMARTS) is 1. The fourth-order valence-electron chi connectivity index (χ4n) is 3.26.